The van der Waals surface area contributed by atoms with Gasteiger partial charge in [-0.15, -0.1) is 0 Å². The summed E-state index contributed by atoms with van der Waals surface area (Å²) >= 11 is 0. The van der Waals surface area contributed by atoms with E-state index in [9.17, 15) is 43.2 Å². The molecule has 0 rings (SSSR count). The maximum atomic E-state index is 13.1. The number of hydrogen-bond acceptors (Lipinski definition) is 15. The predicted octanol–water partition coefficient (Wildman–Crippen LogP) is 22.5. The van der Waals surface area contributed by atoms with E-state index in [1.54, 1.807) is 0 Å². The molecule has 5 atom stereocenters. The molecule has 17 nitrogen and oxygen atoms in total. The second-order valence-electron chi connectivity index (χ2n) is 27.9. The summed E-state index contributed by atoms with van der Waals surface area (Å²) in [6.45, 7) is 7.28. The fourth-order valence-electron chi connectivity index (χ4n) is 11.7. The van der Waals surface area contributed by atoms with Crippen LogP contribution in [0.1, 0.15) is 401 Å². The van der Waals surface area contributed by atoms with E-state index in [1.165, 1.54) is 212 Å². The molecule has 0 bridgehead atoms. The summed E-state index contributed by atoms with van der Waals surface area (Å²) in [6, 6.07) is 0. The Morgan fingerprint density at radius 3 is 0.716 bits per heavy atom. The van der Waals surface area contributed by atoms with Crippen LogP contribution < -0.4 is 0 Å². The Bertz CT molecular complexity index is 1820. The number of aliphatic hydroxyl groups excluding tert-OH is 1. The molecule has 0 aliphatic carbocycles. The van der Waals surface area contributed by atoms with E-state index in [2.05, 4.69) is 34.6 Å². The summed E-state index contributed by atoms with van der Waals surface area (Å²) < 4.78 is 68.4. The first-order valence-electron chi connectivity index (χ1n) is 39.6. The third-order valence-electron chi connectivity index (χ3n) is 17.8. The van der Waals surface area contributed by atoms with Crippen LogP contribution in [-0.4, -0.2) is 96.7 Å². The van der Waals surface area contributed by atoms with Gasteiger partial charge in [0.1, 0.15) is 19.3 Å². The highest BCUT2D eigenvalue weighted by Gasteiger charge is 2.30. The Morgan fingerprint density at radius 1 is 0.284 bits per heavy atom. The molecule has 0 fully saturated rings. The molecule has 0 aromatic rings. The molecule has 0 saturated heterocycles. The number of rotatable bonds is 76. The predicted molar refractivity (Wildman–Crippen MR) is 386 cm³/mol. The zero-order valence-electron chi connectivity index (χ0n) is 61.8. The molecule has 95 heavy (non-hydrogen) atoms. The van der Waals surface area contributed by atoms with Crippen molar-refractivity contribution < 1.29 is 80.2 Å². The molecule has 564 valence electrons. The van der Waals surface area contributed by atoms with E-state index >= 15 is 0 Å². The van der Waals surface area contributed by atoms with Crippen LogP contribution in [-0.2, 0) is 65.4 Å². The van der Waals surface area contributed by atoms with Crippen LogP contribution in [0.3, 0.4) is 0 Å². The normalized spacial score (nSPS) is 13.9. The Balaban J connectivity index is 5.18. The number of ether oxygens (including phenoxy) is 4. The van der Waals surface area contributed by atoms with Gasteiger partial charge in [0, 0.05) is 25.7 Å². The number of esters is 4. The van der Waals surface area contributed by atoms with Gasteiger partial charge in [0.05, 0.1) is 26.4 Å². The van der Waals surface area contributed by atoms with Crippen LogP contribution in [0.2, 0.25) is 0 Å². The molecule has 0 heterocycles. The number of phosphoric ester groups is 2. The van der Waals surface area contributed by atoms with E-state index in [4.69, 9.17) is 37.0 Å². The smallest absolute Gasteiger partial charge is 0.462 e. The lowest BCUT2D eigenvalue weighted by Crippen LogP contribution is -2.30. The Labute approximate surface area is 581 Å². The maximum Gasteiger partial charge on any atom is 0.472 e. The summed E-state index contributed by atoms with van der Waals surface area (Å²) in [5.41, 5.74) is 0. The minimum Gasteiger partial charge on any atom is -0.462 e. The van der Waals surface area contributed by atoms with Crippen molar-refractivity contribution in [2.24, 2.45) is 5.92 Å². The van der Waals surface area contributed by atoms with E-state index in [-0.39, 0.29) is 25.7 Å². The van der Waals surface area contributed by atoms with Gasteiger partial charge >= 0.3 is 39.5 Å². The van der Waals surface area contributed by atoms with Crippen LogP contribution in [0, 0.1) is 5.92 Å². The fourth-order valence-corrected chi connectivity index (χ4v) is 13.3. The van der Waals surface area contributed by atoms with E-state index in [0.717, 1.165) is 109 Å². The molecular weight excluding hydrogens is 1250 g/mol. The quantitative estimate of drug-likeness (QED) is 0.0222. The Hall–Kier alpha value is -1.94. The number of phosphoric acid groups is 2. The topological polar surface area (TPSA) is 237 Å². The van der Waals surface area contributed by atoms with Gasteiger partial charge in [0.2, 0.25) is 0 Å². The summed E-state index contributed by atoms with van der Waals surface area (Å²) in [6.07, 6.45) is 58.4. The highest BCUT2D eigenvalue weighted by Crippen LogP contribution is 2.45. The van der Waals surface area contributed by atoms with E-state index < -0.39 is 97.5 Å². The van der Waals surface area contributed by atoms with Crippen molar-refractivity contribution in [1.82, 2.24) is 0 Å². The zero-order valence-corrected chi connectivity index (χ0v) is 63.6. The van der Waals surface area contributed by atoms with Crippen LogP contribution in [0.5, 0.6) is 0 Å². The van der Waals surface area contributed by atoms with Crippen molar-refractivity contribution in [3.63, 3.8) is 0 Å². The largest absolute Gasteiger partial charge is 0.472 e. The minimum absolute atomic E-state index is 0.107. The van der Waals surface area contributed by atoms with E-state index in [1.807, 2.05) is 0 Å². The first-order valence-corrected chi connectivity index (χ1v) is 42.6. The van der Waals surface area contributed by atoms with Gasteiger partial charge in [-0.05, 0) is 31.6 Å². The van der Waals surface area contributed by atoms with Crippen molar-refractivity contribution in [2.75, 3.05) is 39.6 Å². The molecular formula is C76H148O17P2. The lowest BCUT2D eigenvalue weighted by molar-refractivity contribution is -0.161. The van der Waals surface area contributed by atoms with Crippen molar-refractivity contribution in [3.05, 3.63) is 0 Å². The van der Waals surface area contributed by atoms with Gasteiger partial charge in [0.25, 0.3) is 0 Å². The fraction of sp³-hybridized carbons (Fsp3) is 0.947. The van der Waals surface area contributed by atoms with Gasteiger partial charge in [-0.1, -0.05) is 349 Å². The summed E-state index contributed by atoms with van der Waals surface area (Å²) in [7, 11) is -9.90. The molecule has 0 aliphatic rings. The number of unbranched alkanes of at least 4 members (excludes halogenated alkanes) is 48. The van der Waals surface area contributed by atoms with Crippen molar-refractivity contribution >= 4 is 39.5 Å². The third kappa shape index (κ3) is 70.3. The van der Waals surface area contributed by atoms with Crippen LogP contribution in [0.15, 0.2) is 0 Å². The van der Waals surface area contributed by atoms with Gasteiger partial charge in [-0.25, -0.2) is 9.13 Å². The summed E-state index contributed by atoms with van der Waals surface area (Å²) in [5, 5.41) is 10.6. The lowest BCUT2D eigenvalue weighted by Gasteiger charge is -2.21. The minimum atomic E-state index is -4.96. The van der Waals surface area contributed by atoms with Gasteiger partial charge in [-0.2, -0.15) is 0 Å². The third-order valence-corrected chi connectivity index (χ3v) is 19.7. The molecule has 19 heteroatoms. The number of hydrogen-bond donors (Lipinski definition) is 3. The first kappa shape index (κ1) is 93.1. The van der Waals surface area contributed by atoms with Gasteiger partial charge in [-0.3, -0.25) is 37.3 Å². The number of aliphatic hydroxyl groups is 1. The molecule has 0 amide bonds. The number of carbonyl (C=O) groups excluding carboxylic acids is 4. The molecule has 3 N–H and O–H groups in total. The summed E-state index contributed by atoms with van der Waals surface area (Å²) in [5.74, 6) is -1.32. The molecule has 0 aromatic carbocycles. The van der Waals surface area contributed by atoms with Crippen LogP contribution in [0.4, 0.5) is 0 Å². The molecule has 0 radical (unpaired) electrons. The SMILES string of the molecule is CCCCCCCCCCCCCCCCCCCCCC(=O)O[C@H](COC(=O)CCCCCCCCCCCCCCCCC(C)C)COP(=O)(O)OC[C@@H](O)COP(=O)(O)OC[C@@H](COC(=O)CCCCCCCCC)OC(=O)CCCCCCCCCCCCCC. The average Bonchev–Trinajstić information content (AvgIpc) is 1.68. The van der Waals surface area contributed by atoms with Crippen LogP contribution >= 0.6 is 15.6 Å². The molecule has 0 spiro atoms. The Kier molecular flexibility index (Phi) is 67.7. The standard InChI is InChI=1S/C76H148O17P2/c1-6-9-12-15-18-20-22-24-25-26-27-28-29-34-38-42-47-52-57-62-76(81)93-72(66-87-74(79)60-55-50-45-40-37-33-31-30-32-35-39-44-48-53-58-69(4)5)68-91-95(84,85)89-64-70(77)63-88-94(82,83)90-67-71(65-86-73(78)59-54-49-43-17-14-11-8-3)92-75(80)61-56-51-46-41-36-23-21-19-16-13-10-7-2/h69-72,77H,6-68H2,1-5H3,(H,82,83)(H,84,85)/t70-,71+,72+/m0/s1. The van der Waals surface area contributed by atoms with Crippen molar-refractivity contribution in [2.45, 2.75) is 419 Å². The van der Waals surface area contributed by atoms with Gasteiger partial charge < -0.3 is 33.8 Å². The highest BCUT2D eigenvalue weighted by atomic mass is 31.2. The monoisotopic (exact) mass is 1400 g/mol. The number of carbonyl (C=O) groups is 4. The molecule has 0 aliphatic heterocycles. The first-order chi connectivity index (χ1) is 46.0. The maximum absolute atomic E-state index is 13.1. The average molecular weight is 1400 g/mol. The molecule has 0 aromatic heterocycles. The van der Waals surface area contributed by atoms with Crippen molar-refractivity contribution in [1.29, 1.82) is 0 Å². The van der Waals surface area contributed by atoms with Gasteiger partial charge in [0.15, 0.2) is 12.2 Å². The van der Waals surface area contributed by atoms with Crippen LogP contribution in [0.25, 0.3) is 0 Å². The summed E-state index contributed by atoms with van der Waals surface area (Å²) in [4.78, 5) is 72.7. The Morgan fingerprint density at radius 2 is 0.484 bits per heavy atom. The second kappa shape index (κ2) is 69.2. The van der Waals surface area contributed by atoms with E-state index in [0.29, 0.717) is 25.7 Å². The molecule has 0 saturated carbocycles. The van der Waals surface area contributed by atoms with Crippen molar-refractivity contribution in [3.8, 4) is 0 Å². The lowest BCUT2D eigenvalue weighted by atomic mass is 10.0. The molecule has 2 unspecified atom stereocenters. The highest BCUT2D eigenvalue weighted by molar-refractivity contribution is 7.47. The zero-order chi connectivity index (χ0) is 69.8. The second-order valence-corrected chi connectivity index (χ2v) is 30.8.